The summed E-state index contributed by atoms with van der Waals surface area (Å²) in [6.45, 7) is 7.76. The van der Waals surface area contributed by atoms with E-state index >= 15 is 0 Å². The number of carbonyl (C=O) groups is 2. The van der Waals surface area contributed by atoms with Crippen molar-refractivity contribution in [1.29, 1.82) is 0 Å². The van der Waals surface area contributed by atoms with Crippen molar-refractivity contribution in [2.45, 2.75) is 51.9 Å². The zero-order chi connectivity index (χ0) is 28.2. The third-order valence-corrected chi connectivity index (χ3v) is 6.83. The van der Waals surface area contributed by atoms with Gasteiger partial charge in [0.05, 0.1) is 24.3 Å². The number of carbonyl (C=O) groups excluding carboxylic acids is 2. The van der Waals surface area contributed by atoms with Gasteiger partial charge in [-0.05, 0) is 63.3 Å². The Kier molecular flexibility index (Phi) is 8.73. The van der Waals surface area contributed by atoms with Gasteiger partial charge in [0.25, 0.3) is 5.91 Å². The van der Waals surface area contributed by atoms with Gasteiger partial charge in [-0.15, -0.1) is 0 Å². The van der Waals surface area contributed by atoms with Crippen LogP contribution in [0.25, 0.3) is 0 Å². The molecule has 1 aliphatic carbocycles. The lowest BCUT2D eigenvalue weighted by Crippen LogP contribution is -2.44. The predicted octanol–water partition coefficient (Wildman–Crippen LogP) is 4.78. The van der Waals surface area contributed by atoms with E-state index in [1.54, 1.807) is 23.1 Å². The standard InChI is InChI=1S/C29H37F3N4O3/c1-28(2,3)34-13-14-35(19-21-7-4-5-8-22(21)29(30,31)32)25(37)17-33-23-9-6-10-24-26(23)27(38)36(15-16-39-24)18-20-11-12-20/h4-10,20,33-34H,11-19H2,1-3H3. The van der Waals surface area contributed by atoms with E-state index in [1.165, 1.54) is 23.1 Å². The molecule has 0 saturated heterocycles. The van der Waals surface area contributed by atoms with Crippen LogP contribution < -0.4 is 15.4 Å². The topological polar surface area (TPSA) is 73.9 Å². The molecule has 1 heterocycles. The lowest BCUT2D eigenvalue weighted by Gasteiger charge is -2.28. The van der Waals surface area contributed by atoms with Crippen molar-refractivity contribution in [3.8, 4) is 5.75 Å². The van der Waals surface area contributed by atoms with Crippen LogP contribution in [-0.2, 0) is 17.5 Å². The molecule has 2 N–H and O–H groups in total. The first-order chi connectivity index (χ1) is 18.4. The van der Waals surface area contributed by atoms with Gasteiger partial charge in [-0.25, -0.2) is 0 Å². The van der Waals surface area contributed by atoms with Crippen LogP contribution in [0.4, 0.5) is 18.9 Å². The molecule has 0 atom stereocenters. The van der Waals surface area contributed by atoms with E-state index in [4.69, 9.17) is 4.74 Å². The summed E-state index contributed by atoms with van der Waals surface area (Å²) in [5.41, 5.74) is -0.0947. The number of alkyl halides is 3. The molecule has 0 aromatic heterocycles. The lowest BCUT2D eigenvalue weighted by molar-refractivity contribution is -0.139. The summed E-state index contributed by atoms with van der Waals surface area (Å²) in [5.74, 6) is 0.459. The van der Waals surface area contributed by atoms with E-state index in [-0.39, 0.29) is 42.6 Å². The Morgan fingerprint density at radius 2 is 1.85 bits per heavy atom. The smallest absolute Gasteiger partial charge is 0.416 e. The molecule has 0 spiro atoms. The number of fused-ring (bicyclic) bond motifs is 1. The number of hydrogen-bond donors (Lipinski definition) is 2. The van der Waals surface area contributed by atoms with Gasteiger partial charge >= 0.3 is 6.18 Å². The molecule has 1 aliphatic heterocycles. The van der Waals surface area contributed by atoms with E-state index in [1.807, 2.05) is 20.8 Å². The van der Waals surface area contributed by atoms with E-state index in [9.17, 15) is 22.8 Å². The molecule has 4 rings (SSSR count). The number of anilines is 1. The second kappa shape index (κ2) is 11.9. The highest BCUT2D eigenvalue weighted by molar-refractivity contribution is 6.03. The van der Waals surface area contributed by atoms with Crippen molar-refractivity contribution >= 4 is 17.5 Å². The van der Waals surface area contributed by atoms with Crippen molar-refractivity contribution in [3.63, 3.8) is 0 Å². The molecule has 212 valence electrons. The fraction of sp³-hybridized carbons (Fsp3) is 0.517. The molecular formula is C29H37F3N4O3. The first-order valence-electron chi connectivity index (χ1n) is 13.4. The molecule has 1 fully saturated rings. The Balaban J connectivity index is 1.51. The summed E-state index contributed by atoms with van der Waals surface area (Å²) in [7, 11) is 0. The van der Waals surface area contributed by atoms with Crippen molar-refractivity contribution in [2.75, 3.05) is 44.6 Å². The van der Waals surface area contributed by atoms with Crippen LogP contribution in [0.1, 0.15) is 55.1 Å². The van der Waals surface area contributed by atoms with Crippen molar-refractivity contribution in [3.05, 3.63) is 59.2 Å². The molecule has 0 radical (unpaired) electrons. The van der Waals surface area contributed by atoms with E-state index in [0.29, 0.717) is 49.2 Å². The second-order valence-electron chi connectivity index (χ2n) is 11.2. The number of amides is 2. The monoisotopic (exact) mass is 546 g/mol. The summed E-state index contributed by atoms with van der Waals surface area (Å²) >= 11 is 0. The van der Waals surface area contributed by atoms with Gasteiger partial charge in [0.2, 0.25) is 5.91 Å². The number of nitrogens with zero attached hydrogens (tertiary/aromatic N) is 2. The van der Waals surface area contributed by atoms with Crippen molar-refractivity contribution in [2.24, 2.45) is 5.92 Å². The Hall–Kier alpha value is -3.27. The predicted molar refractivity (Wildman–Crippen MR) is 144 cm³/mol. The minimum Gasteiger partial charge on any atom is -0.491 e. The van der Waals surface area contributed by atoms with Gasteiger partial charge in [0.15, 0.2) is 0 Å². The SMILES string of the molecule is CC(C)(C)NCCN(Cc1ccccc1C(F)(F)F)C(=O)CNc1cccc2c1C(=O)N(CC1CC1)CCO2. The number of benzene rings is 2. The Morgan fingerprint density at radius 3 is 2.54 bits per heavy atom. The van der Waals surface area contributed by atoms with Gasteiger partial charge in [0.1, 0.15) is 17.9 Å². The maximum Gasteiger partial charge on any atom is 0.416 e. The van der Waals surface area contributed by atoms with Crippen LogP contribution in [0, 0.1) is 5.92 Å². The minimum absolute atomic E-state index is 0.0296. The molecule has 2 aromatic rings. The van der Waals surface area contributed by atoms with Gasteiger partial charge in [-0.1, -0.05) is 24.3 Å². The number of hydrogen-bond acceptors (Lipinski definition) is 5. The Bertz CT molecular complexity index is 1180. The van der Waals surface area contributed by atoms with Crippen molar-refractivity contribution in [1.82, 2.24) is 15.1 Å². The zero-order valence-corrected chi connectivity index (χ0v) is 22.7. The number of halogens is 3. The molecule has 2 aromatic carbocycles. The summed E-state index contributed by atoms with van der Waals surface area (Å²) < 4.78 is 46.8. The molecule has 0 unspecified atom stereocenters. The molecule has 0 bridgehead atoms. The second-order valence-corrected chi connectivity index (χ2v) is 11.2. The highest BCUT2D eigenvalue weighted by atomic mass is 19.4. The zero-order valence-electron chi connectivity index (χ0n) is 22.7. The summed E-state index contributed by atoms with van der Waals surface area (Å²) in [5, 5.41) is 6.36. The van der Waals surface area contributed by atoms with Gasteiger partial charge < -0.3 is 25.2 Å². The van der Waals surface area contributed by atoms with Crippen molar-refractivity contribution < 1.29 is 27.5 Å². The average molecular weight is 547 g/mol. The average Bonchev–Trinajstić information content (AvgIpc) is 3.70. The summed E-state index contributed by atoms with van der Waals surface area (Å²) in [4.78, 5) is 30.0. The number of rotatable bonds is 10. The Labute approximate surface area is 227 Å². The molecule has 39 heavy (non-hydrogen) atoms. The lowest BCUT2D eigenvalue weighted by atomic mass is 10.1. The third-order valence-electron chi connectivity index (χ3n) is 6.83. The normalized spacial score (nSPS) is 15.8. The van der Waals surface area contributed by atoms with E-state index < -0.39 is 11.7 Å². The molecule has 10 heteroatoms. The van der Waals surface area contributed by atoms with E-state index in [0.717, 1.165) is 18.9 Å². The minimum atomic E-state index is -4.53. The molecule has 7 nitrogen and oxygen atoms in total. The Morgan fingerprint density at radius 1 is 1.10 bits per heavy atom. The highest BCUT2D eigenvalue weighted by Gasteiger charge is 2.34. The highest BCUT2D eigenvalue weighted by Crippen LogP contribution is 2.35. The van der Waals surface area contributed by atoms with Crippen LogP contribution in [-0.4, -0.2) is 66.5 Å². The first-order valence-corrected chi connectivity index (χ1v) is 13.4. The summed E-state index contributed by atoms with van der Waals surface area (Å²) in [6.07, 6.45) is -2.30. The maximum atomic E-state index is 13.6. The van der Waals surface area contributed by atoms with Gasteiger partial charge in [-0.2, -0.15) is 13.2 Å². The van der Waals surface area contributed by atoms with Crippen LogP contribution >= 0.6 is 0 Å². The fourth-order valence-corrected chi connectivity index (χ4v) is 4.61. The van der Waals surface area contributed by atoms with Crippen LogP contribution in [0.15, 0.2) is 42.5 Å². The van der Waals surface area contributed by atoms with Gasteiger partial charge in [-0.3, -0.25) is 9.59 Å². The number of nitrogens with one attached hydrogen (secondary N) is 2. The summed E-state index contributed by atoms with van der Waals surface area (Å²) in [6, 6.07) is 10.5. The first kappa shape index (κ1) is 28.7. The van der Waals surface area contributed by atoms with Crippen LogP contribution in [0.3, 0.4) is 0 Å². The van der Waals surface area contributed by atoms with Crippen LogP contribution in [0.2, 0.25) is 0 Å². The maximum absolute atomic E-state index is 13.6. The fourth-order valence-electron chi connectivity index (χ4n) is 4.61. The quantitative estimate of drug-likeness (QED) is 0.449. The number of ether oxygens (including phenoxy) is 1. The molecule has 2 amide bonds. The largest absolute Gasteiger partial charge is 0.491 e. The van der Waals surface area contributed by atoms with E-state index in [2.05, 4.69) is 10.6 Å². The van der Waals surface area contributed by atoms with Gasteiger partial charge in [0, 0.05) is 31.7 Å². The third kappa shape index (κ3) is 7.88. The molecular weight excluding hydrogens is 509 g/mol. The molecule has 2 aliphatic rings. The molecule has 1 saturated carbocycles. The van der Waals surface area contributed by atoms with Crippen LogP contribution in [0.5, 0.6) is 5.75 Å².